The lowest BCUT2D eigenvalue weighted by Crippen LogP contribution is -2.08. The van der Waals surface area contributed by atoms with Crippen molar-refractivity contribution in [1.29, 1.82) is 0 Å². The summed E-state index contributed by atoms with van der Waals surface area (Å²) in [6.07, 6.45) is 0. The molecule has 0 aliphatic carbocycles. The maximum atomic E-state index is 13.0. The number of aromatic nitrogens is 1. The van der Waals surface area contributed by atoms with Gasteiger partial charge in [-0.05, 0) is 12.1 Å². The fraction of sp³-hybridized carbons (Fsp3) is 0.250. The molecular weight excluding hydrogens is 239 g/mol. The van der Waals surface area contributed by atoms with E-state index in [0.717, 1.165) is 16.3 Å². The number of hydrogen-bond acceptors (Lipinski definition) is 4. The van der Waals surface area contributed by atoms with Gasteiger partial charge < -0.3 is 10.5 Å². The lowest BCUT2D eigenvalue weighted by molar-refractivity contribution is 0.126. The normalized spacial score (nSPS) is 10.7. The average Bonchev–Trinajstić information content (AvgIpc) is 2.78. The summed E-state index contributed by atoms with van der Waals surface area (Å²) in [5, 5.41) is 2.72. The van der Waals surface area contributed by atoms with E-state index >= 15 is 0 Å². The Morgan fingerprint density at radius 2 is 2.29 bits per heavy atom. The van der Waals surface area contributed by atoms with Crippen LogP contribution in [0.2, 0.25) is 0 Å². The van der Waals surface area contributed by atoms with Crippen LogP contribution in [-0.2, 0) is 11.3 Å². The molecular formula is C12H13FN2OS. The van der Waals surface area contributed by atoms with E-state index in [2.05, 4.69) is 4.98 Å². The number of ether oxygens (including phenoxy) is 1. The average molecular weight is 252 g/mol. The third kappa shape index (κ3) is 3.33. The molecule has 2 aromatic rings. The molecule has 0 bridgehead atoms. The van der Waals surface area contributed by atoms with Gasteiger partial charge in [0.15, 0.2) is 0 Å². The van der Waals surface area contributed by atoms with Gasteiger partial charge in [-0.3, -0.25) is 0 Å². The summed E-state index contributed by atoms with van der Waals surface area (Å²) in [7, 11) is 0. The first-order valence-electron chi connectivity index (χ1n) is 5.28. The van der Waals surface area contributed by atoms with Gasteiger partial charge in [0.1, 0.15) is 10.8 Å². The first-order chi connectivity index (χ1) is 8.29. The number of hydrogen-bond donors (Lipinski definition) is 1. The number of nitrogens with zero attached hydrogens (tertiary/aromatic N) is 1. The van der Waals surface area contributed by atoms with Crippen LogP contribution in [0.3, 0.4) is 0 Å². The fourth-order valence-corrected chi connectivity index (χ4v) is 2.19. The van der Waals surface area contributed by atoms with E-state index in [1.807, 2.05) is 11.4 Å². The Morgan fingerprint density at radius 1 is 1.41 bits per heavy atom. The van der Waals surface area contributed by atoms with Gasteiger partial charge in [0, 0.05) is 17.5 Å². The molecule has 0 amide bonds. The zero-order chi connectivity index (χ0) is 12.1. The van der Waals surface area contributed by atoms with Crippen LogP contribution in [0.1, 0.15) is 5.69 Å². The summed E-state index contributed by atoms with van der Waals surface area (Å²) in [4.78, 5) is 4.38. The molecule has 0 atom stereocenters. The van der Waals surface area contributed by atoms with E-state index < -0.39 is 0 Å². The topological polar surface area (TPSA) is 48.1 Å². The molecule has 5 heteroatoms. The lowest BCUT2D eigenvalue weighted by Gasteiger charge is -1.98. The van der Waals surface area contributed by atoms with Crippen molar-refractivity contribution in [3.63, 3.8) is 0 Å². The third-order valence-electron chi connectivity index (χ3n) is 2.14. The van der Waals surface area contributed by atoms with E-state index in [0.29, 0.717) is 19.8 Å². The number of thiazole rings is 1. The SMILES string of the molecule is NCCOCc1csc(-c2cccc(F)c2)n1. The smallest absolute Gasteiger partial charge is 0.123 e. The summed E-state index contributed by atoms with van der Waals surface area (Å²) in [6, 6.07) is 6.41. The highest BCUT2D eigenvalue weighted by molar-refractivity contribution is 7.13. The maximum absolute atomic E-state index is 13.0. The molecule has 2 N–H and O–H groups in total. The summed E-state index contributed by atoms with van der Waals surface area (Å²) < 4.78 is 18.3. The van der Waals surface area contributed by atoms with Gasteiger partial charge in [-0.15, -0.1) is 11.3 Å². The summed E-state index contributed by atoms with van der Waals surface area (Å²) >= 11 is 1.48. The third-order valence-corrected chi connectivity index (χ3v) is 3.08. The second-order valence-corrected chi connectivity index (χ2v) is 4.35. The fourth-order valence-electron chi connectivity index (χ4n) is 1.39. The number of halogens is 1. The van der Waals surface area contributed by atoms with E-state index in [4.69, 9.17) is 10.5 Å². The van der Waals surface area contributed by atoms with Crippen LogP contribution in [0.15, 0.2) is 29.6 Å². The minimum absolute atomic E-state index is 0.251. The zero-order valence-corrected chi connectivity index (χ0v) is 10.0. The molecule has 1 aromatic heterocycles. The number of rotatable bonds is 5. The highest BCUT2D eigenvalue weighted by atomic mass is 32.1. The highest BCUT2D eigenvalue weighted by Gasteiger charge is 2.05. The molecule has 1 aromatic carbocycles. The highest BCUT2D eigenvalue weighted by Crippen LogP contribution is 2.24. The van der Waals surface area contributed by atoms with E-state index in [1.54, 1.807) is 6.07 Å². The van der Waals surface area contributed by atoms with Crippen LogP contribution in [0.4, 0.5) is 4.39 Å². The van der Waals surface area contributed by atoms with Crippen molar-refractivity contribution in [2.24, 2.45) is 5.73 Å². The van der Waals surface area contributed by atoms with Crippen molar-refractivity contribution in [2.45, 2.75) is 6.61 Å². The van der Waals surface area contributed by atoms with Crippen LogP contribution < -0.4 is 5.73 Å². The molecule has 0 unspecified atom stereocenters. The van der Waals surface area contributed by atoms with Crippen molar-refractivity contribution >= 4 is 11.3 Å². The first-order valence-corrected chi connectivity index (χ1v) is 6.15. The van der Waals surface area contributed by atoms with Gasteiger partial charge in [0.25, 0.3) is 0 Å². The molecule has 0 fully saturated rings. The quantitative estimate of drug-likeness (QED) is 0.831. The van der Waals surface area contributed by atoms with Crippen molar-refractivity contribution in [3.8, 4) is 10.6 Å². The summed E-state index contributed by atoms with van der Waals surface area (Å²) in [6.45, 7) is 1.47. The molecule has 90 valence electrons. The zero-order valence-electron chi connectivity index (χ0n) is 9.23. The molecule has 0 spiro atoms. The Bertz CT molecular complexity index is 487. The predicted octanol–water partition coefficient (Wildman–Crippen LogP) is 2.42. The monoisotopic (exact) mass is 252 g/mol. The molecule has 0 aliphatic heterocycles. The Balaban J connectivity index is 2.07. The van der Waals surface area contributed by atoms with Gasteiger partial charge in [-0.25, -0.2) is 9.37 Å². The van der Waals surface area contributed by atoms with Crippen LogP contribution in [-0.4, -0.2) is 18.1 Å². The molecule has 0 saturated heterocycles. The van der Waals surface area contributed by atoms with Gasteiger partial charge in [-0.2, -0.15) is 0 Å². The summed E-state index contributed by atoms with van der Waals surface area (Å²) in [5.74, 6) is -0.251. The first kappa shape index (κ1) is 12.2. The minimum Gasteiger partial charge on any atom is -0.374 e. The van der Waals surface area contributed by atoms with Crippen molar-refractivity contribution < 1.29 is 9.13 Å². The second-order valence-electron chi connectivity index (χ2n) is 3.50. The van der Waals surface area contributed by atoms with Gasteiger partial charge >= 0.3 is 0 Å². The predicted molar refractivity (Wildman–Crippen MR) is 66.2 cm³/mol. The van der Waals surface area contributed by atoms with Gasteiger partial charge in [0.2, 0.25) is 0 Å². The van der Waals surface area contributed by atoms with Crippen molar-refractivity contribution in [2.75, 3.05) is 13.2 Å². The molecule has 1 heterocycles. The second kappa shape index (κ2) is 5.86. The van der Waals surface area contributed by atoms with Crippen LogP contribution in [0.5, 0.6) is 0 Å². The van der Waals surface area contributed by atoms with Crippen molar-refractivity contribution in [1.82, 2.24) is 4.98 Å². The van der Waals surface area contributed by atoms with Gasteiger partial charge in [0.05, 0.1) is 18.9 Å². The molecule has 0 aliphatic rings. The van der Waals surface area contributed by atoms with Crippen LogP contribution in [0, 0.1) is 5.82 Å². The largest absolute Gasteiger partial charge is 0.374 e. The van der Waals surface area contributed by atoms with Crippen LogP contribution >= 0.6 is 11.3 Å². The standard InChI is InChI=1S/C12H13FN2OS/c13-10-3-1-2-9(6-10)12-15-11(8-17-12)7-16-5-4-14/h1-3,6,8H,4-5,7,14H2. The van der Waals surface area contributed by atoms with Crippen LogP contribution in [0.25, 0.3) is 10.6 Å². The molecule has 0 radical (unpaired) electrons. The lowest BCUT2D eigenvalue weighted by atomic mass is 10.2. The van der Waals surface area contributed by atoms with Gasteiger partial charge in [-0.1, -0.05) is 12.1 Å². The Hall–Kier alpha value is -1.30. The molecule has 3 nitrogen and oxygen atoms in total. The number of benzene rings is 1. The van der Waals surface area contributed by atoms with E-state index in [9.17, 15) is 4.39 Å². The minimum atomic E-state index is -0.251. The molecule has 2 rings (SSSR count). The Kier molecular flexibility index (Phi) is 4.19. The Labute approximate surface area is 103 Å². The number of nitrogens with two attached hydrogens (primary N) is 1. The van der Waals surface area contributed by atoms with E-state index in [-0.39, 0.29) is 5.82 Å². The molecule has 17 heavy (non-hydrogen) atoms. The Morgan fingerprint density at radius 3 is 3.06 bits per heavy atom. The van der Waals surface area contributed by atoms with E-state index in [1.165, 1.54) is 23.5 Å². The van der Waals surface area contributed by atoms with Crippen molar-refractivity contribution in [3.05, 3.63) is 41.2 Å². The molecule has 0 saturated carbocycles. The maximum Gasteiger partial charge on any atom is 0.123 e. The summed E-state index contributed by atoms with van der Waals surface area (Å²) in [5.41, 5.74) is 6.96.